The Hall–Kier alpha value is -1.51. The molecule has 1 rings (SSSR count). The highest BCUT2D eigenvalue weighted by atomic mass is 16.5. The third-order valence-electron chi connectivity index (χ3n) is 2.06. The van der Waals surface area contributed by atoms with Crippen LogP contribution in [0.4, 0.5) is 0 Å². The largest absolute Gasteiger partial charge is 0.508 e. The monoisotopic (exact) mass is 208 g/mol. The van der Waals surface area contributed by atoms with Crippen LogP contribution in [-0.4, -0.2) is 17.7 Å². The van der Waals surface area contributed by atoms with E-state index in [1.54, 1.807) is 12.1 Å². The molecule has 0 aliphatic carbocycles. The Morgan fingerprint density at radius 1 is 1.40 bits per heavy atom. The molecule has 15 heavy (non-hydrogen) atoms. The summed E-state index contributed by atoms with van der Waals surface area (Å²) in [6, 6.07) is 7.02. The summed E-state index contributed by atoms with van der Waals surface area (Å²) in [5, 5.41) is 9.45. The van der Waals surface area contributed by atoms with Crippen LogP contribution in [-0.2, 0) is 16.0 Å². The van der Waals surface area contributed by atoms with Gasteiger partial charge in [0.1, 0.15) is 5.75 Å². The highest BCUT2D eigenvalue weighted by Crippen LogP contribution is 2.17. The van der Waals surface area contributed by atoms with Crippen molar-refractivity contribution in [2.75, 3.05) is 6.61 Å². The molecule has 0 atom stereocenters. The summed E-state index contributed by atoms with van der Waals surface area (Å²) in [5.41, 5.74) is 0.783. The molecule has 1 aromatic carbocycles. The Morgan fingerprint density at radius 3 is 2.80 bits per heavy atom. The van der Waals surface area contributed by atoms with Gasteiger partial charge in [-0.15, -0.1) is 0 Å². The van der Waals surface area contributed by atoms with Gasteiger partial charge >= 0.3 is 5.97 Å². The van der Waals surface area contributed by atoms with Gasteiger partial charge in [-0.25, -0.2) is 0 Å². The Labute approximate surface area is 89.7 Å². The molecule has 0 bridgehead atoms. The van der Waals surface area contributed by atoms with Crippen LogP contribution in [0.25, 0.3) is 0 Å². The lowest BCUT2D eigenvalue weighted by molar-refractivity contribution is -0.143. The normalized spacial score (nSPS) is 9.93. The second kappa shape index (κ2) is 6.06. The number of aryl methyl sites for hydroxylation is 1. The molecular weight excluding hydrogens is 192 g/mol. The zero-order valence-corrected chi connectivity index (χ0v) is 8.90. The maximum Gasteiger partial charge on any atom is 0.306 e. The van der Waals surface area contributed by atoms with E-state index >= 15 is 0 Å². The fourth-order valence-corrected chi connectivity index (χ4v) is 1.25. The van der Waals surface area contributed by atoms with Gasteiger partial charge in [0.05, 0.1) is 6.61 Å². The summed E-state index contributed by atoms with van der Waals surface area (Å²) in [5.74, 6) is 0.0286. The first-order valence-electron chi connectivity index (χ1n) is 5.16. The van der Waals surface area contributed by atoms with Crippen LogP contribution in [0.5, 0.6) is 5.75 Å². The molecule has 0 heterocycles. The molecule has 3 nitrogen and oxygen atoms in total. The van der Waals surface area contributed by atoms with Crippen LogP contribution < -0.4 is 0 Å². The molecule has 0 radical (unpaired) electrons. The summed E-state index contributed by atoms with van der Waals surface area (Å²) >= 11 is 0. The highest BCUT2D eigenvalue weighted by molar-refractivity contribution is 5.69. The van der Waals surface area contributed by atoms with Crippen molar-refractivity contribution in [2.45, 2.75) is 26.2 Å². The Bertz CT molecular complexity index is 320. The molecule has 0 amide bonds. The summed E-state index contributed by atoms with van der Waals surface area (Å²) in [4.78, 5) is 11.2. The van der Waals surface area contributed by atoms with Crippen molar-refractivity contribution in [3.8, 4) is 5.75 Å². The van der Waals surface area contributed by atoms with E-state index in [2.05, 4.69) is 0 Å². The molecule has 0 spiro atoms. The third-order valence-corrected chi connectivity index (χ3v) is 2.06. The number of rotatable bonds is 5. The third kappa shape index (κ3) is 4.02. The Balaban J connectivity index is 2.37. The van der Waals surface area contributed by atoms with Crippen molar-refractivity contribution < 1.29 is 14.6 Å². The van der Waals surface area contributed by atoms with Crippen LogP contribution in [0.3, 0.4) is 0 Å². The number of hydrogen-bond donors (Lipinski definition) is 1. The molecule has 0 saturated carbocycles. The van der Waals surface area contributed by atoms with E-state index in [9.17, 15) is 9.90 Å². The minimum absolute atomic E-state index is 0.208. The molecule has 3 heteroatoms. The number of esters is 1. The van der Waals surface area contributed by atoms with Crippen LogP contribution in [0, 0.1) is 0 Å². The van der Waals surface area contributed by atoms with Gasteiger partial charge in [0.2, 0.25) is 0 Å². The predicted molar refractivity (Wildman–Crippen MR) is 57.7 cm³/mol. The van der Waals surface area contributed by atoms with Gasteiger partial charge in [0.25, 0.3) is 0 Å². The van der Waals surface area contributed by atoms with E-state index < -0.39 is 0 Å². The molecule has 1 N–H and O–H groups in total. The van der Waals surface area contributed by atoms with E-state index in [-0.39, 0.29) is 11.7 Å². The van der Waals surface area contributed by atoms with E-state index in [0.29, 0.717) is 19.4 Å². The van der Waals surface area contributed by atoms with Gasteiger partial charge in [-0.3, -0.25) is 4.79 Å². The summed E-state index contributed by atoms with van der Waals surface area (Å²) in [7, 11) is 0. The van der Waals surface area contributed by atoms with Gasteiger partial charge in [0, 0.05) is 6.42 Å². The SMILES string of the molecule is CCCOC(=O)CCc1ccccc1O. The van der Waals surface area contributed by atoms with Gasteiger partial charge in [-0.2, -0.15) is 0 Å². The first kappa shape index (κ1) is 11.6. The lowest BCUT2D eigenvalue weighted by atomic mass is 10.1. The first-order valence-corrected chi connectivity index (χ1v) is 5.16. The number of benzene rings is 1. The topological polar surface area (TPSA) is 46.5 Å². The zero-order valence-electron chi connectivity index (χ0n) is 8.90. The van der Waals surface area contributed by atoms with Crippen molar-refractivity contribution in [1.29, 1.82) is 0 Å². The molecular formula is C12H16O3. The minimum Gasteiger partial charge on any atom is -0.508 e. The Morgan fingerprint density at radius 2 is 2.13 bits per heavy atom. The van der Waals surface area contributed by atoms with E-state index in [0.717, 1.165) is 12.0 Å². The van der Waals surface area contributed by atoms with Crippen molar-refractivity contribution in [2.24, 2.45) is 0 Å². The Kier molecular flexibility index (Phi) is 4.68. The van der Waals surface area contributed by atoms with Crippen molar-refractivity contribution >= 4 is 5.97 Å². The molecule has 1 aromatic rings. The first-order chi connectivity index (χ1) is 7.24. The van der Waals surface area contributed by atoms with Crippen molar-refractivity contribution in [3.63, 3.8) is 0 Å². The number of ether oxygens (including phenoxy) is 1. The van der Waals surface area contributed by atoms with Crippen LogP contribution in [0.15, 0.2) is 24.3 Å². The zero-order chi connectivity index (χ0) is 11.1. The molecule has 0 fully saturated rings. The number of aromatic hydroxyl groups is 1. The molecule has 82 valence electrons. The lowest BCUT2D eigenvalue weighted by Gasteiger charge is -2.04. The van der Waals surface area contributed by atoms with Crippen LogP contribution in [0.1, 0.15) is 25.3 Å². The smallest absolute Gasteiger partial charge is 0.306 e. The standard InChI is InChI=1S/C12H16O3/c1-2-9-15-12(14)8-7-10-5-3-4-6-11(10)13/h3-6,13H,2,7-9H2,1H3. The van der Waals surface area contributed by atoms with Gasteiger partial charge < -0.3 is 9.84 Å². The molecule has 0 saturated heterocycles. The van der Waals surface area contributed by atoms with Crippen LogP contribution >= 0.6 is 0 Å². The average Bonchev–Trinajstić information content (AvgIpc) is 2.25. The number of carbonyl (C=O) groups is 1. The highest BCUT2D eigenvalue weighted by Gasteiger charge is 2.05. The van der Waals surface area contributed by atoms with Gasteiger partial charge in [-0.05, 0) is 24.5 Å². The quantitative estimate of drug-likeness (QED) is 0.755. The molecule has 0 aromatic heterocycles. The maximum atomic E-state index is 11.2. The minimum atomic E-state index is -0.208. The fraction of sp³-hybridized carbons (Fsp3) is 0.417. The van der Waals surface area contributed by atoms with Gasteiger partial charge in [0.15, 0.2) is 0 Å². The van der Waals surface area contributed by atoms with Crippen LogP contribution in [0.2, 0.25) is 0 Å². The average molecular weight is 208 g/mol. The molecule has 0 unspecified atom stereocenters. The van der Waals surface area contributed by atoms with Crippen molar-refractivity contribution in [1.82, 2.24) is 0 Å². The van der Waals surface area contributed by atoms with E-state index in [4.69, 9.17) is 4.74 Å². The molecule has 0 aliphatic heterocycles. The molecule has 0 aliphatic rings. The lowest BCUT2D eigenvalue weighted by Crippen LogP contribution is -2.06. The van der Waals surface area contributed by atoms with E-state index in [1.165, 1.54) is 0 Å². The number of phenolic OH excluding ortho intramolecular Hbond substituents is 1. The predicted octanol–water partition coefficient (Wildman–Crippen LogP) is 2.28. The maximum absolute atomic E-state index is 11.2. The second-order valence-corrected chi connectivity index (χ2v) is 3.35. The number of phenols is 1. The summed E-state index contributed by atoms with van der Waals surface area (Å²) in [6.07, 6.45) is 1.68. The summed E-state index contributed by atoms with van der Waals surface area (Å²) in [6.45, 7) is 2.43. The van der Waals surface area contributed by atoms with Crippen molar-refractivity contribution in [3.05, 3.63) is 29.8 Å². The second-order valence-electron chi connectivity index (χ2n) is 3.35. The number of para-hydroxylation sites is 1. The fourth-order valence-electron chi connectivity index (χ4n) is 1.25. The summed E-state index contributed by atoms with van der Waals surface area (Å²) < 4.78 is 4.93. The van der Waals surface area contributed by atoms with E-state index in [1.807, 2.05) is 19.1 Å². The number of hydrogen-bond acceptors (Lipinski definition) is 3. The number of carbonyl (C=O) groups excluding carboxylic acids is 1. The van der Waals surface area contributed by atoms with Gasteiger partial charge in [-0.1, -0.05) is 25.1 Å².